The summed E-state index contributed by atoms with van der Waals surface area (Å²) < 4.78 is 95.2. The van der Waals surface area contributed by atoms with E-state index in [9.17, 15) is 45.7 Å². The zero-order valence-electron chi connectivity index (χ0n) is 29.0. The standard InChI is InChI=1S/C13H30BN2O8S2.C11H25BNO6S/c1-12(17,9-23-6)7-15(4)25(19,20)11-26(21,22)16(5)8-13(2,18)10-24-14-3;1-10(14,8-18-4)6-13(20(5,16)17)7-11(2,15)9-19-12-3/h17-18H,7-11H2,1-6H3;14-15H,6-9H2,1-5H3. The van der Waals surface area contributed by atoms with Crippen LogP contribution in [0.4, 0.5) is 0 Å². The van der Waals surface area contributed by atoms with Gasteiger partial charge >= 0.3 is 0 Å². The molecule has 0 amide bonds. The van der Waals surface area contributed by atoms with Crippen LogP contribution in [0.3, 0.4) is 0 Å². The molecule has 2 radical (unpaired) electrons. The van der Waals surface area contributed by atoms with Crippen molar-refractivity contribution in [2.45, 2.75) is 63.7 Å². The Balaban J connectivity index is 0. The Morgan fingerprint density at radius 1 is 0.587 bits per heavy atom. The zero-order valence-corrected chi connectivity index (χ0v) is 31.4. The van der Waals surface area contributed by atoms with Crippen molar-refractivity contribution < 1.29 is 64.5 Å². The predicted octanol–water partition coefficient (Wildman–Crippen LogP) is -2.62. The van der Waals surface area contributed by atoms with Crippen molar-refractivity contribution in [3.63, 3.8) is 0 Å². The molecule has 0 heterocycles. The number of nitrogens with zero attached hydrogens (tertiary/aromatic N) is 3. The van der Waals surface area contributed by atoms with Crippen molar-refractivity contribution >= 4 is 45.0 Å². The molecular formula is C24H55B2N3O14S3. The number of ether oxygens (including phenoxy) is 2. The number of hydrogen-bond donors (Lipinski definition) is 4. The van der Waals surface area contributed by atoms with E-state index < -0.39 is 57.6 Å². The molecule has 0 aromatic rings. The summed E-state index contributed by atoms with van der Waals surface area (Å²) in [6, 6.07) is 0. The van der Waals surface area contributed by atoms with Gasteiger partial charge < -0.3 is 39.2 Å². The molecule has 0 aromatic heterocycles. The van der Waals surface area contributed by atoms with Crippen LogP contribution in [0.5, 0.6) is 0 Å². The fourth-order valence-corrected chi connectivity index (χ4v) is 8.82. The molecule has 0 saturated heterocycles. The van der Waals surface area contributed by atoms with E-state index >= 15 is 0 Å². The van der Waals surface area contributed by atoms with Gasteiger partial charge in [0.15, 0.2) is 5.08 Å². The molecule has 4 atom stereocenters. The Morgan fingerprint density at radius 2 is 0.870 bits per heavy atom. The Hall–Kier alpha value is -0.460. The van der Waals surface area contributed by atoms with Crippen molar-refractivity contribution in [2.24, 2.45) is 0 Å². The molecule has 0 aliphatic carbocycles. The molecule has 0 aromatic carbocycles. The number of likely N-dealkylation sites (N-methyl/N-ethyl adjacent to an activating group) is 2. The number of hydrogen-bond acceptors (Lipinski definition) is 14. The lowest BCUT2D eigenvalue weighted by atomic mass is 10.0. The maximum atomic E-state index is 12.4. The summed E-state index contributed by atoms with van der Waals surface area (Å²) >= 11 is 0. The Bertz CT molecular complexity index is 1200. The highest BCUT2D eigenvalue weighted by molar-refractivity contribution is 8.05. The molecule has 46 heavy (non-hydrogen) atoms. The number of aliphatic hydroxyl groups is 4. The van der Waals surface area contributed by atoms with Gasteiger partial charge in [-0.25, -0.2) is 33.9 Å². The van der Waals surface area contributed by atoms with Gasteiger partial charge in [-0.15, -0.1) is 0 Å². The van der Waals surface area contributed by atoms with Crippen molar-refractivity contribution in [2.75, 3.05) is 92.3 Å². The third-order valence-corrected chi connectivity index (χ3v) is 11.6. The molecule has 0 bridgehead atoms. The third kappa shape index (κ3) is 20.8. The summed E-state index contributed by atoms with van der Waals surface area (Å²) in [4.78, 5) is 0. The molecule has 0 rings (SSSR count). The Labute approximate surface area is 277 Å². The fourth-order valence-electron chi connectivity index (χ4n) is 3.90. The molecule has 17 nitrogen and oxygen atoms in total. The van der Waals surface area contributed by atoms with Gasteiger partial charge in [-0.2, -0.15) is 4.31 Å². The van der Waals surface area contributed by atoms with Crippen LogP contribution in [0.15, 0.2) is 0 Å². The van der Waals surface area contributed by atoms with Crippen molar-refractivity contribution in [3.8, 4) is 0 Å². The van der Waals surface area contributed by atoms with Crippen LogP contribution in [0, 0.1) is 0 Å². The van der Waals surface area contributed by atoms with Crippen LogP contribution in [-0.4, -0.2) is 188 Å². The monoisotopic (exact) mass is 727 g/mol. The van der Waals surface area contributed by atoms with E-state index in [1.807, 2.05) is 0 Å². The Morgan fingerprint density at radius 3 is 1.15 bits per heavy atom. The maximum absolute atomic E-state index is 12.4. The highest BCUT2D eigenvalue weighted by atomic mass is 32.3. The molecule has 0 saturated carbocycles. The number of sulfonamides is 3. The number of methoxy groups -OCH3 is 2. The first-order valence-corrected chi connectivity index (χ1v) is 19.1. The van der Waals surface area contributed by atoms with Crippen LogP contribution >= 0.6 is 0 Å². The summed E-state index contributed by atoms with van der Waals surface area (Å²) in [5, 5.41) is 39.2. The van der Waals surface area contributed by atoms with Gasteiger partial charge in [0.1, 0.15) is 0 Å². The average molecular weight is 728 g/mol. The van der Waals surface area contributed by atoms with Gasteiger partial charge in [0.2, 0.25) is 30.1 Å². The minimum Gasteiger partial charge on any atom is -0.438 e. The second kappa shape index (κ2) is 19.7. The summed E-state index contributed by atoms with van der Waals surface area (Å²) in [6.45, 7) is 7.63. The normalized spacial score (nSPS) is 18.2. The lowest BCUT2D eigenvalue weighted by Gasteiger charge is -2.34. The minimum absolute atomic E-state index is 0.0135. The maximum Gasteiger partial charge on any atom is 0.289 e. The topological polar surface area (TPSA) is 230 Å². The van der Waals surface area contributed by atoms with Gasteiger partial charge in [-0.1, -0.05) is 13.6 Å². The van der Waals surface area contributed by atoms with Crippen LogP contribution < -0.4 is 0 Å². The van der Waals surface area contributed by atoms with Gasteiger partial charge in [-0.05, 0) is 27.7 Å². The van der Waals surface area contributed by atoms with E-state index in [0.29, 0.717) is 0 Å². The van der Waals surface area contributed by atoms with E-state index in [-0.39, 0.29) is 52.6 Å². The zero-order chi connectivity index (χ0) is 36.8. The van der Waals surface area contributed by atoms with Gasteiger partial charge in [0.05, 0.1) is 55.1 Å². The fraction of sp³-hybridized carbons (Fsp3) is 1.00. The average Bonchev–Trinajstić information content (AvgIpc) is 2.84. The molecule has 0 fully saturated rings. The number of rotatable bonds is 23. The summed E-state index contributed by atoms with van der Waals surface area (Å²) in [6.07, 6.45) is 1.03. The van der Waals surface area contributed by atoms with Crippen molar-refractivity contribution in [1.29, 1.82) is 0 Å². The van der Waals surface area contributed by atoms with Crippen LogP contribution in [0.25, 0.3) is 0 Å². The van der Waals surface area contributed by atoms with Crippen molar-refractivity contribution in [1.82, 2.24) is 12.9 Å². The second-order valence-corrected chi connectivity index (χ2v) is 18.8. The third-order valence-electron chi connectivity index (χ3n) is 5.91. The van der Waals surface area contributed by atoms with E-state index in [2.05, 4.69) is 0 Å². The van der Waals surface area contributed by atoms with Gasteiger partial charge in [-0.3, -0.25) is 0 Å². The summed E-state index contributed by atoms with van der Waals surface area (Å²) in [5.74, 6) is 0. The lowest BCUT2D eigenvalue weighted by molar-refractivity contribution is -0.0458. The quantitative estimate of drug-likeness (QED) is 0.0791. The van der Waals surface area contributed by atoms with Gasteiger partial charge in [0.25, 0.3) is 15.0 Å². The summed E-state index contributed by atoms with van der Waals surface area (Å²) in [7, 11) is -4.13. The van der Waals surface area contributed by atoms with E-state index in [1.54, 1.807) is 13.6 Å². The molecule has 0 aliphatic heterocycles. The molecule has 274 valence electrons. The smallest absolute Gasteiger partial charge is 0.289 e. The first-order chi connectivity index (χ1) is 20.5. The van der Waals surface area contributed by atoms with Crippen molar-refractivity contribution in [3.05, 3.63) is 0 Å². The van der Waals surface area contributed by atoms with Gasteiger partial charge in [0, 0.05) is 54.5 Å². The molecule has 4 N–H and O–H groups in total. The SMILES string of the molecule is C[B]OCC(C)(O)CN(C)S(=O)(=O)CS(=O)(=O)N(C)CC(C)(O)COC.C[B]OCC(C)(O)CN(CC(C)(O)COC)S(C)(=O)=O. The van der Waals surface area contributed by atoms with Crippen LogP contribution in [0.2, 0.25) is 13.6 Å². The van der Waals surface area contributed by atoms with Crippen LogP contribution in [0.1, 0.15) is 27.7 Å². The summed E-state index contributed by atoms with van der Waals surface area (Å²) in [5.41, 5.74) is -5.67. The molecule has 22 heteroatoms. The second-order valence-electron chi connectivity index (χ2n) is 12.3. The first kappa shape index (κ1) is 47.7. The highest BCUT2D eigenvalue weighted by Gasteiger charge is 2.36. The van der Waals surface area contributed by atoms with E-state index in [1.165, 1.54) is 71.0 Å². The molecule has 4 unspecified atom stereocenters. The van der Waals surface area contributed by atoms with E-state index in [4.69, 9.17) is 18.8 Å². The van der Waals surface area contributed by atoms with Crippen LogP contribution in [-0.2, 0) is 48.9 Å². The minimum atomic E-state index is -4.22. The molecule has 0 aliphatic rings. The Kier molecular flexibility index (Phi) is 20.4. The first-order valence-electron chi connectivity index (χ1n) is 14.0. The predicted molar refractivity (Wildman–Crippen MR) is 176 cm³/mol. The lowest BCUT2D eigenvalue weighted by Crippen LogP contribution is -2.52. The highest BCUT2D eigenvalue weighted by Crippen LogP contribution is 2.17. The van der Waals surface area contributed by atoms with E-state index in [0.717, 1.165) is 19.2 Å². The largest absolute Gasteiger partial charge is 0.438 e. The molecular weight excluding hydrogens is 672 g/mol. The molecule has 0 spiro atoms.